The molecule has 2 aliphatic heterocycles. The molecule has 0 bridgehead atoms. The summed E-state index contributed by atoms with van der Waals surface area (Å²) in [6.07, 6.45) is 10.9. The van der Waals surface area contributed by atoms with Crippen molar-refractivity contribution in [3.8, 4) is 0 Å². The Morgan fingerprint density at radius 2 is 1.76 bits per heavy atom. The van der Waals surface area contributed by atoms with Crippen LogP contribution in [0, 0.1) is 5.92 Å². The van der Waals surface area contributed by atoms with E-state index in [4.69, 9.17) is 4.99 Å². The molecule has 3 rings (SSSR count). The molecule has 5 nitrogen and oxygen atoms in total. The highest BCUT2D eigenvalue weighted by molar-refractivity contribution is 5.80. The first-order valence-corrected chi connectivity index (χ1v) is 10.7. The van der Waals surface area contributed by atoms with Gasteiger partial charge in [-0.3, -0.25) is 4.99 Å². The van der Waals surface area contributed by atoms with Gasteiger partial charge in [-0.05, 0) is 65.0 Å². The zero-order valence-corrected chi connectivity index (χ0v) is 16.5. The number of hydrogen-bond acceptors (Lipinski definition) is 3. The summed E-state index contributed by atoms with van der Waals surface area (Å²) in [7, 11) is 2.23. The van der Waals surface area contributed by atoms with Crippen molar-refractivity contribution in [2.75, 3.05) is 46.3 Å². The normalized spacial score (nSPS) is 28.4. The van der Waals surface area contributed by atoms with Gasteiger partial charge in [0.2, 0.25) is 0 Å². The second-order valence-corrected chi connectivity index (χ2v) is 8.38. The van der Waals surface area contributed by atoms with E-state index in [1.54, 1.807) is 0 Å². The average Bonchev–Trinajstić information content (AvgIpc) is 3.15. The van der Waals surface area contributed by atoms with Crippen LogP contribution in [0.3, 0.4) is 0 Å². The zero-order valence-electron chi connectivity index (χ0n) is 16.5. The minimum absolute atomic E-state index is 0.587. The van der Waals surface area contributed by atoms with E-state index in [1.807, 2.05) is 0 Å². The number of nitrogens with one attached hydrogen (secondary N) is 2. The number of guanidine groups is 1. The van der Waals surface area contributed by atoms with E-state index >= 15 is 0 Å². The topological polar surface area (TPSA) is 42.9 Å². The molecule has 3 fully saturated rings. The van der Waals surface area contributed by atoms with Gasteiger partial charge in [0.05, 0.1) is 0 Å². The zero-order chi connectivity index (χ0) is 17.5. The molecule has 0 radical (unpaired) electrons. The Morgan fingerprint density at radius 1 is 1.00 bits per heavy atom. The molecule has 1 atom stereocenters. The lowest BCUT2D eigenvalue weighted by atomic mass is 9.99. The summed E-state index contributed by atoms with van der Waals surface area (Å²) >= 11 is 0. The summed E-state index contributed by atoms with van der Waals surface area (Å²) < 4.78 is 0. The van der Waals surface area contributed by atoms with Crippen molar-refractivity contribution >= 4 is 5.96 Å². The first-order valence-electron chi connectivity index (χ1n) is 10.7. The highest BCUT2D eigenvalue weighted by atomic mass is 15.2. The third-order valence-electron chi connectivity index (χ3n) is 6.29. The standard InChI is InChI=1S/C20H39N5/c1-3-21-20(22-15-17-7-6-12-24(2)16-17)23-18-10-13-25(14-11-18)19-8-4-5-9-19/h17-19H,3-16H2,1-2H3,(H2,21,22,23). The molecule has 3 aliphatic rings. The van der Waals surface area contributed by atoms with Crippen LogP contribution < -0.4 is 10.6 Å². The van der Waals surface area contributed by atoms with Gasteiger partial charge >= 0.3 is 0 Å². The lowest BCUT2D eigenvalue weighted by molar-refractivity contribution is 0.150. The lowest BCUT2D eigenvalue weighted by Gasteiger charge is -2.36. The van der Waals surface area contributed by atoms with Crippen LogP contribution in [0.5, 0.6) is 0 Å². The van der Waals surface area contributed by atoms with E-state index in [0.717, 1.165) is 31.0 Å². The summed E-state index contributed by atoms with van der Waals surface area (Å²) in [5, 5.41) is 7.18. The van der Waals surface area contributed by atoms with E-state index < -0.39 is 0 Å². The molecule has 2 heterocycles. The van der Waals surface area contributed by atoms with E-state index in [0.29, 0.717) is 6.04 Å². The van der Waals surface area contributed by atoms with Crippen LogP contribution in [-0.4, -0.2) is 74.2 Å². The largest absolute Gasteiger partial charge is 0.357 e. The molecular formula is C20H39N5. The number of nitrogens with zero attached hydrogens (tertiary/aromatic N) is 3. The Kier molecular flexibility index (Phi) is 7.41. The van der Waals surface area contributed by atoms with Gasteiger partial charge in [0, 0.05) is 44.8 Å². The Morgan fingerprint density at radius 3 is 2.44 bits per heavy atom. The summed E-state index contributed by atoms with van der Waals surface area (Å²) in [6, 6.07) is 1.47. The average molecular weight is 350 g/mol. The minimum atomic E-state index is 0.587. The van der Waals surface area contributed by atoms with Crippen molar-refractivity contribution in [2.45, 2.75) is 70.4 Å². The Hall–Kier alpha value is -0.810. The molecule has 0 spiro atoms. The van der Waals surface area contributed by atoms with Crippen LogP contribution in [0.2, 0.25) is 0 Å². The number of piperidine rings is 2. The van der Waals surface area contributed by atoms with Crippen molar-refractivity contribution in [3.63, 3.8) is 0 Å². The van der Waals surface area contributed by atoms with Crippen LogP contribution in [-0.2, 0) is 0 Å². The third-order valence-corrected chi connectivity index (χ3v) is 6.29. The summed E-state index contributed by atoms with van der Waals surface area (Å²) in [5.41, 5.74) is 0. The van der Waals surface area contributed by atoms with Crippen molar-refractivity contribution < 1.29 is 0 Å². The van der Waals surface area contributed by atoms with E-state index in [9.17, 15) is 0 Å². The fourth-order valence-corrected chi connectivity index (χ4v) is 4.83. The predicted molar refractivity (Wildman–Crippen MR) is 106 cm³/mol. The van der Waals surface area contributed by atoms with Crippen molar-refractivity contribution in [1.82, 2.24) is 20.4 Å². The molecule has 2 N–H and O–H groups in total. The molecule has 0 amide bonds. The van der Waals surface area contributed by atoms with Crippen molar-refractivity contribution in [3.05, 3.63) is 0 Å². The fraction of sp³-hybridized carbons (Fsp3) is 0.950. The Balaban J connectivity index is 1.44. The summed E-state index contributed by atoms with van der Waals surface area (Å²) in [6.45, 7) is 9.03. The third kappa shape index (κ3) is 5.85. The van der Waals surface area contributed by atoms with Crippen LogP contribution in [0.4, 0.5) is 0 Å². The first kappa shape index (κ1) is 19.0. The monoisotopic (exact) mass is 349 g/mol. The minimum Gasteiger partial charge on any atom is -0.357 e. The number of rotatable bonds is 5. The van der Waals surface area contributed by atoms with Gasteiger partial charge in [0.1, 0.15) is 0 Å². The van der Waals surface area contributed by atoms with Crippen LogP contribution >= 0.6 is 0 Å². The van der Waals surface area contributed by atoms with Crippen LogP contribution in [0.15, 0.2) is 4.99 Å². The molecule has 0 aromatic carbocycles. The van der Waals surface area contributed by atoms with E-state index in [2.05, 4.69) is 34.4 Å². The lowest BCUT2D eigenvalue weighted by Crippen LogP contribution is -2.50. The Labute approximate surface area is 154 Å². The second kappa shape index (κ2) is 9.77. The molecule has 1 saturated carbocycles. The van der Waals surface area contributed by atoms with Gasteiger partial charge in [0.25, 0.3) is 0 Å². The molecule has 5 heteroatoms. The van der Waals surface area contributed by atoms with Gasteiger partial charge in [-0.25, -0.2) is 0 Å². The number of hydrogen-bond donors (Lipinski definition) is 2. The van der Waals surface area contributed by atoms with E-state index in [1.165, 1.54) is 77.5 Å². The summed E-state index contributed by atoms with van der Waals surface area (Å²) in [4.78, 5) is 10.1. The molecular weight excluding hydrogens is 310 g/mol. The Bertz CT molecular complexity index is 410. The highest BCUT2D eigenvalue weighted by Crippen LogP contribution is 2.26. The second-order valence-electron chi connectivity index (χ2n) is 8.38. The van der Waals surface area contributed by atoms with Gasteiger partial charge < -0.3 is 20.4 Å². The first-order chi connectivity index (χ1) is 12.2. The number of aliphatic imine (C=N–C) groups is 1. The smallest absolute Gasteiger partial charge is 0.191 e. The highest BCUT2D eigenvalue weighted by Gasteiger charge is 2.27. The van der Waals surface area contributed by atoms with Crippen molar-refractivity contribution in [1.29, 1.82) is 0 Å². The molecule has 1 unspecified atom stereocenters. The molecule has 1 aliphatic carbocycles. The molecule has 0 aromatic rings. The molecule has 144 valence electrons. The maximum atomic E-state index is 4.92. The molecule has 25 heavy (non-hydrogen) atoms. The molecule has 0 aromatic heterocycles. The predicted octanol–water partition coefficient (Wildman–Crippen LogP) is 2.29. The maximum absolute atomic E-state index is 4.92. The van der Waals surface area contributed by atoms with Crippen LogP contribution in [0.25, 0.3) is 0 Å². The summed E-state index contributed by atoms with van der Waals surface area (Å²) in [5.74, 6) is 1.76. The van der Waals surface area contributed by atoms with Crippen LogP contribution in [0.1, 0.15) is 58.3 Å². The van der Waals surface area contributed by atoms with E-state index in [-0.39, 0.29) is 0 Å². The fourth-order valence-electron chi connectivity index (χ4n) is 4.83. The quantitative estimate of drug-likeness (QED) is 0.590. The molecule has 2 saturated heterocycles. The van der Waals surface area contributed by atoms with Gasteiger partial charge in [-0.2, -0.15) is 0 Å². The number of likely N-dealkylation sites (tertiary alicyclic amines) is 2. The maximum Gasteiger partial charge on any atom is 0.191 e. The van der Waals surface area contributed by atoms with Gasteiger partial charge in [-0.15, -0.1) is 0 Å². The van der Waals surface area contributed by atoms with Gasteiger partial charge in [-0.1, -0.05) is 12.8 Å². The van der Waals surface area contributed by atoms with Crippen molar-refractivity contribution in [2.24, 2.45) is 10.9 Å². The SMILES string of the molecule is CCNC(=NCC1CCCN(C)C1)NC1CCN(C2CCCC2)CC1. The van der Waals surface area contributed by atoms with Gasteiger partial charge in [0.15, 0.2) is 5.96 Å².